The minimum absolute atomic E-state index is 0.0214. The second-order valence-corrected chi connectivity index (χ2v) is 6.62. The van der Waals surface area contributed by atoms with Crippen molar-refractivity contribution in [3.63, 3.8) is 0 Å². The van der Waals surface area contributed by atoms with E-state index in [1.54, 1.807) is 29.2 Å². The van der Waals surface area contributed by atoms with Gasteiger partial charge in [0.05, 0.1) is 0 Å². The molecule has 1 saturated heterocycles. The zero-order chi connectivity index (χ0) is 16.2. The van der Waals surface area contributed by atoms with Gasteiger partial charge < -0.3 is 15.0 Å². The Labute approximate surface area is 140 Å². The van der Waals surface area contributed by atoms with E-state index in [2.05, 4.69) is 5.32 Å². The molecule has 6 heteroatoms. The van der Waals surface area contributed by atoms with E-state index < -0.39 is 0 Å². The Morgan fingerprint density at radius 2 is 1.78 bits per heavy atom. The van der Waals surface area contributed by atoms with Crippen LogP contribution in [0.15, 0.2) is 24.3 Å². The highest BCUT2D eigenvalue weighted by molar-refractivity contribution is 6.30. The van der Waals surface area contributed by atoms with Crippen LogP contribution in [0.3, 0.4) is 0 Å². The van der Waals surface area contributed by atoms with Gasteiger partial charge in [-0.2, -0.15) is 0 Å². The van der Waals surface area contributed by atoms with Gasteiger partial charge in [-0.25, -0.2) is 0 Å². The molecule has 1 heterocycles. The molecule has 0 bridgehead atoms. The highest BCUT2D eigenvalue weighted by atomic mass is 35.5. The lowest BCUT2D eigenvalue weighted by molar-refractivity contribution is -0.134. The molecule has 0 radical (unpaired) electrons. The van der Waals surface area contributed by atoms with Crippen molar-refractivity contribution in [3.8, 4) is 5.75 Å². The number of hydrogen-bond acceptors (Lipinski definition) is 3. The molecular formula is C17H21ClN2O3. The molecule has 23 heavy (non-hydrogen) atoms. The van der Waals surface area contributed by atoms with E-state index in [1.165, 1.54) is 0 Å². The van der Waals surface area contributed by atoms with E-state index in [0.717, 1.165) is 25.7 Å². The van der Waals surface area contributed by atoms with Crippen molar-refractivity contribution in [1.82, 2.24) is 10.2 Å². The molecule has 0 aromatic heterocycles. The predicted octanol–water partition coefficient (Wildman–Crippen LogP) is 2.24. The number of benzene rings is 1. The molecule has 1 aliphatic heterocycles. The fourth-order valence-electron chi connectivity index (χ4n) is 2.70. The minimum Gasteiger partial charge on any atom is -0.484 e. The van der Waals surface area contributed by atoms with Crippen molar-refractivity contribution in [2.45, 2.75) is 31.7 Å². The lowest BCUT2D eigenvalue weighted by Gasteiger charge is -2.32. The fraction of sp³-hybridized carbons (Fsp3) is 0.529. The zero-order valence-electron chi connectivity index (χ0n) is 13.0. The highest BCUT2D eigenvalue weighted by Crippen LogP contribution is 2.29. The number of amides is 2. The molecule has 2 aliphatic rings. The average molecular weight is 337 g/mol. The maximum atomic E-state index is 12.2. The summed E-state index contributed by atoms with van der Waals surface area (Å²) in [5, 5.41) is 3.72. The molecule has 1 N–H and O–H groups in total. The monoisotopic (exact) mass is 336 g/mol. The number of nitrogens with one attached hydrogen (secondary N) is 1. The summed E-state index contributed by atoms with van der Waals surface area (Å²) in [7, 11) is 0. The number of hydrogen-bond donors (Lipinski definition) is 1. The second kappa shape index (κ2) is 7.21. The van der Waals surface area contributed by atoms with Gasteiger partial charge in [0.25, 0.3) is 5.91 Å². The van der Waals surface area contributed by atoms with Crippen molar-refractivity contribution in [2.75, 3.05) is 19.7 Å². The molecule has 5 nitrogen and oxygen atoms in total. The molecule has 2 amide bonds. The summed E-state index contributed by atoms with van der Waals surface area (Å²) in [5.41, 5.74) is 0. The zero-order valence-corrected chi connectivity index (χ0v) is 13.7. The largest absolute Gasteiger partial charge is 0.484 e. The molecular weight excluding hydrogens is 316 g/mol. The Bertz CT molecular complexity index is 564. The summed E-state index contributed by atoms with van der Waals surface area (Å²) in [6, 6.07) is 7.15. The number of rotatable bonds is 5. The lowest BCUT2D eigenvalue weighted by Crippen LogP contribution is -2.48. The van der Waals surface area contributed by atoms with Crippen LogP contribution in [0.4, 0.5) is 0 Å². The Morgan fingerprint density at radius 3 is 2.39 bits per heavy atom. The smallest absolute Gasteiger partial charge is 0.260 e. The first-order chi connectivity index (χ1) is 11.1. The summed E-state index contributed by atoms with van der Waals surface area (Å²) >= 11 is 5.81. The van der Waals surface area contributed by atoms with Gasteiger partial charge in [-0.1, -0.05) is 11.6 Å². The molecule has 0 spiro atoms. The van der Waals surface area contributed by atoms with Gasteiger partial charge in [-0.15, -0.1) is 0 Å². The molecule has 3 rings (SSSR count). The number of halogens is 1. The van der Waals surface area contributed by atoms with Crippen LogP contribution in [-0.4, -0.2) is 42.5 Å². The van der Waals surface area contributed by atoms with Gasteiger partial charge in [-0.05, 0) is 49.9 Å². The highest BCUT2D eigenvalue weighted by Gasteiger charge is 2.32. The van der Waals surface area contributed by atoms with Gasteiger partial charge in [0.2, 0.25) is 5.91 Å². The van der Waals surface area contributed by atoms with Crippen LogP contribution in [0, 0.1) is 5.92 Å². The molecule has 0 atom stereocenters. The van der Waals surface area contributed by atoms with Gasteiger partial charge in [0, 0.05) is 30.1 Å². The van der Waals surface area contributed by atoms with Crippen molar-refractivity contribution in [1.29, 1.82) is 0 Å². The summed E-state index contributed by atoms with van der Waals surface area (Å²) < 4.78 is 5.49. The van der Waals surface area contributed by atoms with Crippen molar-refractivity contribution in [3.05, 3.63) is 29.3 Å². The van der Waals surface area contributed by atoms with E-state index >= 15 is 0 Å². The minimum atomic E-state index is -0.0214. The standard InChI is InChI=1S/C17H21ClN2O3/c18-13-3-5-15(6-4-13)23-11-16(21)20-9-7-14(8-10-20)19-17(22)12-1-2-12/h3-6,12,14H,1-2,7-11H2,(H,19,22). The first kappa shape index (κ1) is 16.1. The maximum absolute atomic E-state index is 12.2. The average Bonchev–Trinajstić information content (AvgIpc) is 3.40. The topological polar surface area (TPSA) is 58.6 Å². The summed E-state index contributed by atoms with van der Waals surface area (Å²) in [6.07, 6.45) is 3.66. The van der Waals surface area contributed by atoms with E-state index in [9.17, 15) is 9.59 Å². The molecule has 1 aromatic rings. The maximum Gasteiger partial charge on any atom is 0.260 e. The molecule has 124 valence electrons. The third kappa shape index (κ3) is 4.61. The van der Waals surface area contributed by atoms with E-state index in [1.807, 2.05) is 0 Å². The Balaban J connectivity index is 1.39. The van der Waals surface area contributed by atoms with Crippen LogP contribution < -0.4 is 10.1 Å². The Morgan fingerprint density at radius 1 is 1.13 bits per heavy atom. The normalized spacial score (nSPS) is 18.6. The molecule has 1 saturated carbocycles. The summed E-state index contributed by atoms with van der Waals surface area (Å²) in [5.74, 6) is 1.03. The third-order valence-electron chi connectivity index (χ3n) is 4.32. The number of likely N-dealkylation sites (tertiary alicyclic amines) is 1. The van der Waals surface area contributed by atoms with Crippen molar-refractivity contribution in [2.24, 2.45) is 5.92 Å². The van der Waals surface area contributed by atoms with Crippen LogP contribution >= 0.6 is 11.6 Å². The number of ether oxygens (including phenoxy) is 1. The number of carbonyl (C=O) groups is 2. The van der Waals surface area contributed by atoms with Crippen LogP contribution in [0.25, 0.3) is 0 Å². The van der Waals surface area contributed by atoms with Crippen molar-refractivity contribution >= 4 is 23.4 Å². The molecule has 2 fully saturated rings. The van der Waals surface area contributed by atoms with E-state index in [-0.39, 0.29) is 30.4 Å². The molecule has 0 unspecified atom stereocenters. The number of nitrogens with zero attached hydrogens (tertiary/aromatic N) is 1. The van der Waals surface area contributed by atoms with E-state index in [0.29, 0.717) is 23.9 Å². The first-order valence-corrected chi connectivity index (χ1v) is 8.46. The quantitative estimate of drug-likeness (QED) is 0.897. The van der Waals surface area contributed by atoms with E-state index in [4.69, 9.17) is 16.3 Å². The lowest BCUT2D eigenvalue weighted by atomic mass is 10.0. The van der Waals surface area contributed by atoms with Gasteiger partial charge in [0.1, 0.15) is 5.75 Å². The van der Waals surface area contributed by atoms with Gasteiger partial charge >= 0.3 is 0 Å². The Kier molecular flexibility index (Phi) is 5.06. The summed E-state index contributed by atoms with van der Waals surface area (Å²) in [6.45, 7) is 1.36. The Hall–Kier alpha value is -1.75. The van der Waals surface area contributed by atoms with Crippen LogP contribution in [-0.2, 0) is 9.59 Å². The van der Waals surface area contributed by atoms with Crippen molar-refractivity contribution < 1.29 is 14.3 Å². The first-order valence-electron chi connectivity index (χ1n) is 8.08. The van der Waals surface area contributed by atoms with Gasteiger partial charge in [0.15, 0.2) is 6.61 Å². The van der Waals surface area contributed by atoms with Crippen LogP contribution in [0.2, 0.25) is 5.02 Å². The predicted molar refractivity (Wildman–Crippen MR) is 87.4 cm³/mol. The number of piperidine rings is 1. The fourth-order valence-corrected chi connectivity index (χ4v) is 2.83. The molecule has 1 aromatic carbocycles. The summed E-state index contributed by atoms with van der Waals surface area (Å²) in [4.78, 5) is 25.7. The van der Waals surface area contributed by atoms with Crippen LogP contribution in [0.5, 0.6) is 5.75 Å². The third-order valence-corrected chi connectivity index (χ3v) is 4.57. The second-order valence-electron chi connectivity index (χ2n) is 6.18. The SMILES string of the molecule is O=C(NC1CCN(C(=O)COc2ccc(Cl)cc2)CC1)C1CC1. The van der Waals surface area contributed by atoms with Crippen LogP contribution in [0.1, 0.15) is 25.7 Å². The van der Waals surface area contributed by atoms with Gasteiger partial charge in [-0.3, -0.25) is 9.59 Å². The number of carbonyl (C=O) groups excluding carboxylic acids is 2. The molecule has 1 aliphatic carbocycles.